The van der Waals surface area contributed by atoms with Crippen LogP contribution in [0.15, 0.2) is 24.3 Å². The lowest BCUT2D eigenvalue weighted by atomic mass is 9.90. The molecule has 15 heavy (non-hydrogen) atoms. The maximum atomic E-state index is 12.7. The summed E-state index contributed by atoms with van der Waals surface area (Å²) in [6.07, 6.45) is 2.56. The molecule has 0 fully saturated rings. The summed E-state index contributed by atoms with van der Waals surface area (Å²) in [6, 6.07) is 6.13. The van der Waals surface area contributed by atoms with Gasteiger partial charge in [-0.3, -0.25) is 0 Å². The van der Waals surface area contributed by atoms with Gasteiger partial charge in [-0.1, -0.05) is 38.8 Å². The number of aliphatic hydroxyl groups is 1. The van der Waals surface area contributed by atoms with E-state index in [0.29, 0.717) is 0 Å². The molecule has 0 amide bonds. The molecule has 1 aromatic carbocycles. The van der Waals surface area contributed by atoms with Gasteiger partial charge in [-0.05, 0) is 30.0 Å². The SMILES string of the molecule is CCCC(CC)[C@@H](O)c1ccc(F)cc1. The van der Waals surface area contributed by atoms with Gasteiger partial charge in [0.05, 0.1) is 6.10 Å². The predicted molar refractivity (Wildman–Crippen MR) is 60.0 cm³/mol. The number of hydrogen-bond donors (Lipinski definition) is 1. The molecule has 0 spiro atoms. The lowest BCUT2D eigenvalue weighted by Gasteiger charge is -2.21. The van der Waals surface area contributed by atoms with Crippen LogP contribution in [0.2, 0.25) is 0 Å². The molecule has 0 saturated heterocycles. The van der Waals surface area contributed by atoms with Crippen molar-refractivity contribution in [1.29, 1.82) is 0 Å². The number of halogens is 1. The van der Waals surface area contributed by atoms with Crippen molar-refractivity contribution in [3.05, 3.63) is 35.6 Å². The van der Waals surface area contributed by atoms with E-state index >= 15 is 0 Å². The molecule has 1 N–H and O–H groups in total. The van der Waals surface area contributed by atoms with Crippen molar-refractivity contribution in [2.24, 2.45) is 5.92 Å². The second-order valence-electron chi connectivity index (χ2n) is 3.95. The minimum absolute atomic E-state index is 0.255. The molecular weight excluding hydrogens is 191 g/mol. The summed E-state index contributed by atoms with van der Waals surface area (Å²) in [7, 11) is 0. The Morgan fingerprint density at radius 1 is 1.20 bits per heavy atom. The summed E-state index contributed by atoms with van der Waals surface area (Å²) < 4.78 is 12.7. The first-order valence-corrected chi connectivity index (χ1v) is 5.62. The highest BCUT2D eigenvalue weighted by Crippen LogP contribution is 2.28. The standard InChI is InChI=1S/C13H19FO/c1-3-5-10(4-2)13(15)11-6-8-12(14)9-7-11/h6-10,13,15H,3-5H2,1-2H3/t10?,13-/m1/s1. The van der Waals surface area contributed by atoms with Crippen LogP contribution in [-0.4, -0.2) is 5.11 Å². The zero-order valence-corrected chi connectivity index (χ0v) is 9.41. The molecule has 2 atom stereocenters. The van der Waals surface area contributed by atoms with Gasteiger partial charge in [0.2, 0.25) is 0 Å². The van der Waals surface area contributed by atoms with Crippen LogP contribution in [0.1, 0.15) is 44.8 Å². The second kappa shape index (κ2) is 5.86. The first-order valence-electron chi connectivity index (χ1n) is 5.62. The van der Waals surface area contributed by atoms with E-state index in [-0.39, 0.29) is 11.7 Å². The van der Waals surface area contributed by atoms with E-state index in [1.807, 2.05) is 0 Å². The smallest absolute Gasteiger partial charge is 0.123 e. The molecule has 2 heteroatoms. The molecule has 84 valence electrons. The Labute approximate surface area is 90.9 Å². The average molecular weight is 210 g/mol. The predicted octanol–water partition coefficient (Wildman–Crippen LogP) is 3.69. The van der Waals surface area contributed by atoms with E-state index in [0.717, 1.165) is 24.8 Å². The molecule has 0 aliphatic heterocycles. The zero-order valence-electron chi connectivity index (χ0n) is 9.41. The van der Waals surface area contributed by atoms with E-state index in [4.69, 9.17) is 0 Å². The van der Waals surface area contributed by atoms with Crippen molar-refractivity contribution in [2.75, 3.05) is 0 Å². The van der Waals surface area contributed by atoms with Gasteiger partial charge in [0.15, 0.2) is 0 Å². The molecule has 0 aliphatic carbocycles. The molecule has 0 radical (unpaired) electrons. The fourth-order valence-electron chi connectivity index (χ4n) is 1.89. The molecule has 0 heterocycles. The number of aliphatic hydroxyl groups excluding tert-OH is 1. The van der Waals surface area contributed by atoms with Gasteiger partial charge in [0, 0.05) is 0 Å². The Bertz CT molecular complexity index is 281. The average Bonchev–Trinajstić information content (AvgIpc) is 2.26. The summed E-state index contributed by atoms with van der Waals surface area (Å²) in [6.45, 7) is 4.19. The van der Waals surface area contributed by atoms with Crippen molar-refractivity contribution in [2.45, 2.75) is 39.2 Å². The third kappa shape index (κ3) is 3.31. The van der Waals surface area contributed by atoms with Crippen molar-refractivity contribution >= 4 is 0 Å². The van der Waals surface area contributed by atoms with Gasteiger partial charge in [-0.25, -0.2) is 4.39 Å². The highest BCUT2D eigenvalue weighted by molar-refractivity contribution is 5.19. The van der Waals surface area contributed by atoms with Crippen LogP contribution >= 0.6 is 0 Å². The maximum absolute atomic E-state index is 12.7. The van der Waals surface area contributed by atoms with Crippen LogP contribution in [0.25, 0.3) is 0 Å². The van der Waals surface area contributed by atoms with Crippen molar-refractivity contribution in [3.8, 4) is 0 Å². The topological polar surface area (TPSA) is 20.2 Å². The first-order chi connectivity index (χ1) is 7.19. The summed E-state index contributed by atoms with van der Waals surface area (Å²) in [4.78, 5) is 0. The molecule has 0 aromatic heterocycles. The highest BCUT2D eigenvalue weighted by atomic mass is 19.1. The van der Waals surface area contributed by atoms with E-state index in [1.165, 1.54) is 12.1 Å². The van der Waals surface area contributed by atoms with Crippen LogP contribution in [0.4, 0.5) is 4.39 Å². The third-order valence-electron chi connectivity index (χ3n) is 2.84. The van der Waals surface area contributed by atoms with Crippen molar-refractivity contribution in [1.82, 2.24) is 0 Å². The van der Waals surface area contributed by atoms with Crippen molar-refractivity contribution in [3.63, 3.8) is 0 Å². The van der Waals surface area contributed by atoms with E-state index < -0.39 is 6.10 Å². The first kappa shape index (κ1) is 12.2. The van der Waals surface area contributed by atoms with Crippen molar-refractivity contribution < 1.29 is 9.50 Å². The summed E-state index contributed by atoms with van der Waals surface area (Å²) in [5.74, 6) is 0.0231. The third-order valence-corrected chi connectivity index (χ3v) is 2.84. The molecule has 0 aliphatic rings. The fourth-order valence-corrected chi connectivity index (χ4v) is 1.89. The second-order valence-corrected chi connectivity index (χ2v) is 3.95. The summed E-state index contributed by atoms with van der Waals surface area (Å²) in [5, 5.41) is 10.1. The molecular formula is C13H19FO. The van der Waals surface area contributed by atoms with Crippen LogP contribution in [0, 0.1) is 11.7 Å². The van der Waals surface area contributed by atoms with Crippen LogP contribution in [-0.2, 0) is 0 Å². The Morgan fingerprint density at radius 3 is 2.27 bits per heavy atom. The number of hydrogen-bond acceptors (Lipinski definition) is 1. The number of rotatable bonds is 5. The molecule has 1 unspecified atom stereocenters. The molecule has 1 rings (SSSR count). The van der Waals surface area contributed by atoms with Crippen LogP contribution < -0.4 is 0 Å². The van der Waals surface area contributed by atoms with Crippen LogP contribution in [0.5, 0.6) is 0 Å². The van der Waals surface area contributed by atoms with Gasteiger partial charge in [0.1, 0.15) is 5.82 Å². The molecule has 0 bridgehead atoms. The summed E-state index contributed by atoms with van der Waals surface area (Å²) >= 11 is 0. The quantitative estimate of drug-likeness (QED) is 0.786. The van der Waals surface area contributed by atoms with Gasteiger partial charge < -0.3 is 5.11 Å². The Kier molecular flexibility index (Phi) is 4.76. The lowest BCUT2D eigenvalue weighted by molar-refractivity contribution is 0.0998. The Morgan fingerprint density at radius 2 is 1.80 bits per heavy atom. The van der Waals surface area contributed by atoms with E-state index in [2.05, 4.69) is 13.8 Å². The van der Waals surface area contributed by atoms with Gasteiger partial charge >= 0.3 is 0 Å². The van der Waals surface area contributed by atoms with Crippen LogP contribution in [0.3, 0.4) is 0 Å². The Balaban J connectivity index is 2.73. The minimum atomic E-state index is -0.462. The largest absolute Gasteiger partial charge is 0.388 e. The Hall–Kier alpha value is -0.890. The zero-order chi connectivity index (χ0) is 11.3. The minimum Gasteiger partial charge on any atom is -0.388 e. The van der Waals surface area contributed by atoms with E-state index in [9.17, 15) is 9.50 Å². The van der Waals surface area contributed by atoms with Gasteiger partial charge in [-0.15, -0.1) is 0 Å². The monoisotopic (exact) mass is 210 g/mol. The highest BCUT2D eigenvalue weighted by Gasteiger charge is 2.18. The normalized spacial score (nSPS) is 14.9. The molecule has 1 nitrogen and oxygen atoms in total. The molecule has 0 saturated carbocycles. The van der Waals surface area contributed by atoms with Gasteiger partial charge in [-0.2, -0.15) is 0 Å². The fraction of sp³-hybridized carbons (Fsp3) is 0.538. The van der Waals surface area contributed by atoms with E-state index in [1.54, 1.807) is 12.1 Å². The summed E-state index contributed by atoms with van der Waals surface area (Å²) in [5.41, 5.74) is 0.816. The lowest BCUT2D eigenvalue weighted by Crippen LogP contribution is -2.11. The molecule has 1 aromatic rings. The van der Waals surface area contributed by atoms with Gasteiger partial charge in [0.25, 0.3) is 0 Å². The number of benzene rings is 1. The maximum Gasteiger partial charge on any atom is 0.123 e.